The van der Waals surface area contributed by atoms with E-state index in [1.165, 1.54) is 0 Å². The fourth-order valence-electron chi connectivity index (χ4n) is 6.06. The average molecular weight is 460 g/mol. The fourth-order valence-corrected chi connectivity index (χ4v) is 6.06. The average Bonchev–Trinajstić information content (AvgIpc) is 2.99. The van der Waals surface area contributed by atoms with E-state index in [0.29, 0.717) is 32.5 Å². The summed E-state index contributed by atoms with van der Waals surface area (Å²) in [5.41, 5.74) is -2.59. The zero-order valence-electron chi connectivity index (χ0n) is 20.4. The molecule has 182 valence electrons. The van der Waals surface area contributed by atoms with Gasteiger partial charge in [-0.05, 0) is 47.0 Å². The predicted octanol–water partition coefficient (Wildman–Crippen LogP) is 1.34. The number of amides is 3. The first-order chi connectivity index (χ1) is 15.5. The Morgan fingerprint density at radius 3 is 2.36 bits per heavy atom. The molecular formula is C25H37N3O5. The molecule has 0 aliphatic carbocycles. The Morgan fingerprint density at radius 2 is 1.70 bits per heavy atom. The molecule has 1 N–H and O–H groups in total. The number of unbranched alkanes of at least 4 members (excludes halogenated alkanes) is 2. The highest BCUT2D eigenvalue weighted by atomic mass is 16.5. The molecule has 4 aliphatic rings. The highest BCUT2D eigenvalue weighted by Crippen LogP contribution is 2.57. The van der Waals surface area contributed by atoms with Crippen LogP contribution in [0.15, 0.2) is 24.3 Å². The summed E-state index contributed by atoms with van der Waals surface area (Å²) in [4.78, 5) is 46.6. The molecule has 3 amide bonds. The van der Waals surface area contributed by atoms with Crippen LogP contribution >= 0.6 is 0 Å². The van der Waals surface area contributed by atoms with Gasteiger partial charge in [-0.2, -0.15) is 0 Å². The van der Waals surface area contributed by atoms with E-state index in [2.05, 4.69) is 0 Å². The van der Waals surface area contributed by atoms with Gasteiger partial charge < -0.3 is 24.5 Å². The van der Waals surface area contributed by atoms with Crippen LogP contribution in [0.4, 0.5) is 0 Å². The zero-order valence-corrected chi connectivity index (χ0v) is 20.4. The Balaban J connectivity index is 1.82. The second kappa shape index (κ2) is 8.24. The predicted molar refractivity (Wildman–Crippen MR) is 123 cm³/mol. The smallest absolute Gasteiger partial charge is 0.249 e. The molecule has 0 saturated carbocycles. The summed E-state index contributed by atoms with van der Waals surface area (Å²) >= 11 is 0. The van der Waals surface area contributed by atoms with Crippen molar-refractivity contribution in [3.63, 3.8) is 0 Å². The normalized spacial score (nSPS) is 36.1. The molecule has 1 spiro atoms. The largest absolute Gasteiger partial charge is 0.396 e. The molecule has 4 aliphatic heterocycles. The SMILES string of the molecule is CN1CC=C[C@@]2(C)O[C@]34C=CCN(C(C)(C)C)C(=O)C3N(CCCCCO)C(=O)[C@@H]4[C@H]2C1=O. The number of hydrogen-bond donors (Lipinski definition) is 1. The van der Waals surface area contributed by atoms with Gasteiger partial charge in [0.25, 0.3) is 0 Å². The third-order valence-electron chi connectivity index (χ3n) is 7.63. The summed E-state index contributed by atoms with van der Waals surface area (Å²) < 4.78 is 6.74. The number of carbonyl (C=O) groups excluding carboxylic acids is 3. The standard InChI is InChI=1S/C25H37N3O5/c1-23(2,3)28-15-10-12-25-18(17-20(30)26(5)13-9-11-24(17,4)33-25)21(31)27(19(25)22(28)32)14-7-6-8-16-29/h9-12,17-19,29H,6-8,13-16H2,1-5H3/t17-,18-,19?,24+,25-/m0/s1. The van der Waals surface area contributed by atoms with E-state index >= 15 is 0 Å². The van der Waals surface area contributed by atoms with E-state index in [9.17, 15) is 14.4 Å². The highest BCUT2D eigenvalue weighted by Gasteiger charge is 2.74. The molecule has 0 bridgehead atoms. The van der Waals surface area contributed by atoms with Crippen molar-refractivity contribution in [1.82, 2.24) is 14.7 Å². The van der Waals surface area contributed by atoms with E-state index in [4.69, 9.17) is 9.84 Å². The number of hydrogen-bond acceptors (Lipinski definition) is 5. The highest BCUT2D eigenvalue weighted by molar-refractivity contribution is 6.00. The molecule has 1 unspecified atom stereocenters. The molecule has 8 heteroatoms. The first-order valence-electron chi connectivity index (χ1n) is 12.0. The summed E-state index contributed by atoms with van der Waals surface area (Å²) in [6.45, 7) is 9.19. The zero-order chi connectivity index (χ0) is 24.2. The van der Waals surface area contributed by atoms with Gasteiger partial charge in [0.15, 0.2) is 0 Å². The molecule has 4 heterocycles. The molecule has 8 nitrogen and oxygen atoms in total. The van der Waals surface area contributed by atoms with Gasteiger partial charge in [0.1, 0.15) is 11.6 Å². The van der Waals surface area contributed by atoms with Crippen molar-refractivity contribution >= 4 is 17.7 Å². The van der Waals surface area contributed by atoms with E-state index in [1.54, 1.807) is 21.7 Å². The molecule has 2 saturated heterocycles. The van der Waals surface area contributed by atoms with Crippen LogP contribution in [0.3, 0.4) is 0 Å². The quantitative estimate of drug-likeness (QED) is 0.495. The van der Waals surface area contributed by atoms with E-state index < -0.39 is 34.6 Å². The number of nitrogens with zero attached hydrogens (tertiary/aromatic N) is 3. The number of carbonyl (C=O) groups is 3. The molecule has 4 rings (SSSR count). The van der Waals surface area contributed by atoms with E-state index in [1.807, 2.05) is 52.0 Å². The summed E-state index contributed by atoms with van der Waals surface area (Å²) in [6.07, 6.45) is 9.69. The molecular weight excluding hydrogens is 422 g/mol. The number of fused-ring (bicyclic) bond motifs is 2. The molecule has 0 radical (unpaired) electrons. The monoisotopic (exact) mass is 459 g/mol. The maximum atomic E-state index is 14.0. The summed E-state index contributed by atoms with van der Waals surface area (Å²) in [5, 5.41) is 9.15. The van der Waals surface area contributed by atoms with Gasteiger partial charge in [0, 0.05) is 38.8 Å². The molecule has 0 aromatic carbocycles. The minimum atomic E-state index is -1.19. The van der Waals surface area contributed by atoms with Crippen molar-refractivity contribution in [2.24, 2.45) is 11.8 Å². The van der Waals surface area contributed by atoms with Crippen LogP contribution in [-0.2, 0) is 19.1 Å². The van der Waals surface area contributed by atoms with Crippen molar-refractivity contribution in [1.29, 1.82) is 0 Å². The third kappa shape index (κ3) is 3.62. The maximum Gasteiger partial charge on any atom is 0.249 e. The molecule has 33 heavy (non-hydrogen) atoms. The van der Waals surface area contributed by atoms with E-state index in [0.717, 1.165) is 6.42 Å². The number of rotatable bonds is 5. The molecule has 2 fully saturated rings. The number of ether oxygens (including phenoxy) is 1. The minimum Gasteiger partial charge on any atom is -0.396 e. The van der Waals surface area contributed by atoms with Crippen LogP contribution < -0.4 is 0 Å². The maximum absolute atomic E-state index is 14.0. The Bertz CT molecular complexity index is 893. The van der Waals surface area contributed by atoms with Crippen LogP contribution in [0.2, 0.25) is 0 Å². The lowest BCUT2D eigenvalue weighted by atomic mass is 9.74. The minimum absolute atomic E-state index is 0.0973. The van der Waals surface area contributed by atoms with Gasteiger partial charge in [0.2, 0.25) is 17.7 Å². The van der Waals surface area contributed by atoms with Gasteiger partial charge in [-0.3, -0.25) is 14.4 Å². The van der Waals surface area contributed by atoms with E-state index in [-0.39, 0.29) is 24.3 Å². The lowest BCUT2D eigenvalue weighted by molar-refractivity contribution is -0.155. The number of likely N-dealkylation sites (N-methyl/N-ethyl adjacent to an activating group) is 1. The van der Waals surface area contributed by atoms with Crippen molar-refractivity contribution in [2.75, 3.05) is 33.3 Å². The Hall–Kier alpha value is -2.19. The fraction of sp³-hybridized carbons (Fsp3) is 0.720. The van der Waals surface area contributed by atoms with Crippen LogP contribution in [-0.4, -0.2) is 93.6 Å². The van der Waals surface area contributed by atoms with Gasteiger partial charge in [-0.25, -0.2) is 0 Å². The Morgan fingerprint density at radius 1 is 1.00 bits per heavy atom. The molecule has 5 atom stereocenters. The number of aliphatic hydroxyl groups is 1. The first kappa shape index (κ1) is 24.0. The lowest BCUT2D eigenvalue weighted by Crippen LogP contribution is -2.59. The van der Waals surface area contributed by atoms with Crippen molar-refractivity contribution < 1.29 is 24.2 Å². The molecule has 0 aromatic heterocycles. The van der Waals surface area contributed by atoms with Gasteiger partial charge in [-0.15, -0.1) is 0 Å². The van der Waals surface area contributed by atoms with Crippen molar-refractivity contribution in [2.45, 2.75) is 69.7 Å². The van der Waals surface area contributed by atoms with Crippen LogP contribution in [0.25, 0.3) is 0 Å². The summed E-state index contributed by atoms with van der Waals surface area (Å²) in [5.74, 6) is -1.92. The summed E-state index contributed by atoms with van der Waals surface area (Å²) in [7, 11) is 1.74. The van der Waals surface area contributed by atoms with Crippen LogP contribution in [0.5, 0.6) is 0 Å². The lowest BCUT2D eigenvalue weighted by Gasteiger charge is -2.41. The molecule has 0 aromatic rings. The van der Waals surface area contributed by atoms with Crippen molar-refractivity contribution in [3.8, 4) is 0 Å². The second-order valence-electron chi connectivity index (χ2n) is 11.0. The number of likely N-dealkylation sites (tertiary alicyclic amines) is 1. The van der Waals surface area contributed by atoms with Crippen molar-refractivity contribution in [3.05, 3.63) is 24.3 Å². The third-order valence-corrected chi connectivity index (χ3v) is 7.63. The second-order valence-corrected chi connectivity index (χ2v) is 11.0. The van der Waals surface area contributed by atoms with Crippen LogP contribution in [0.1, 0.15) is 47.0 Å². The first-order valence-corrected chi connectivity index (χ1v) is 12.0. The van der Waals surface area contributed by atoms with Gasteiger partial charge >= 0.3 is 0 Å². The Labute approximate surface area is 196 Å². The summed E-state index contributed by atoms with van der Waals surface area (Å²) in [6, 6.07) is -0.822. The van der Waals surface area contributed by atoms with Gasteiger partial charge in [-0.1, -0.05) is 24.3 Å². The Kier molecular flexibility index (Phi) is 5.98. The topological polar surface area (TPSA) is 90.4 Å². The van der Waals surface area contributed by atoms with Crippen LogP contribution in [0, 0.1) is 11.8 Å². The number of aliphatic hydroxyl groups excluding tert-OH is 1. The van der Waals surface area contributed by atoms with Gasteiger partial charge in [0.05, 0.1) is 17.4 Å².